The zero-order valence-corrected chi connectivity index (χ0v) is 18.0. The summed E-state index contributed by atoms with van der Waals surface area (Å²) in [5.41, 5.74) is 0. The summed E-state index contributed by atoms with van der Waals surface area (Å²) in [6, 6.07) is 32.4. The molecule has 3 heterocycles. The van der Waals surface area contributed by atoms with Crippen LogP contribution in [0.4, 0.5) is 5.82 Å². The van der Waals surface area contributed by atoms with Gasteiger partial charge in [-0.25, -0.2) is 4.98 Å². The van der Waals surface area contributed by atoms with Crippen LogP contribution in [0.25, 0.3) is 0 Å². The Morgan fingerprint density at radius 1 is 0.724 bits per heavy atom. The Hall–Kier alpha value is -2.43. The van der Waals surface area contributed by atoms with Gasteiger partial charge in [0.1, 0.15) is 13.9 Å². The maximum Gasteiger partial charge on any atom is 0.128 e. The topological polar surface area (TPSA) is 19.4 Å². The number of hydrogen-bond acceptors (Lipinski definition) is 3. The van der Waals surface area contributed by atoms with Gasteiger partial charge in [0.05, 0.1) is 0 Å². The second-order valence-corrected chi connectivity index (χ2v) is 12.6. The molecule has 3 aromatic rings. The van der Waals surface area contributed by atoms with Gasteiger partial charge in [0, 0.05) is 38.4 Å². The number of anilines is 1. The van der Waals surface area contributed by atoms with Crippen molar-refractivity contribution in [3.8, 4) is 0 Å². The first-order chi connectivity index (χ1) is 14.4. The Morgan fingerprint density at radius 3 is 1.93 bits per heavy atom. The van der Waals surface area contributed by atoms with Crippen LogP contribution in [0.15, 0.2) is 85.1 Å². The molecule has 1 atom stereocenters. The van der Waals surface area contributed by atoms with Crippen molar-refractivity contribution in [2.45, 2.75) is 24.6 Å². The quantitative estimate of drug-likeness (QED) is 0.628. The van der Waals surface area contributed by atoms with Crippen molar-refractivity contribution >= 4 is 24.3 Å². The third kappa shape index (κ3) is 3.63. The van der Waals surface area contributed by atoms with Gasteiger partial charge in [-0.05, 0) is 30.6 Å². The van der Waals surface area contributed by atoms with Gasteiger partial charge < -0.3 is 4.90 Å². The van der Waals surface area contributed by atoms with Crippen molar-refractivity contribution in [1.82, 2.24) is 9.88 Å². The summed E-state index contributed by atoms with van der Waals surface area (Å²) in [6.45, 7) is 4.46. The van der Waals surface area contributed by atoms with Crippen LogP contribution in [0, 0.1) is 0 Å². The molecule has 0 radical (unpaired) electrons. The molecular formula is C25H29N3Si. The zero-order valence-electron chi connectivity index (χ0n) is 17.0. The van der Waals surface area contributed by atoms with Crippen molar-refractivity contribution in [3.63, 3.8) is 0 Å². The lowest BCUT2D eigenvalue weighted by atomic mass is 10.2. The third-order valence-electron chi connectivity index (χ3n) is 6.95. The molecule has 148 valence electrons. The molecule has 0 N–H and O–H groups in total. The van der Waals surface area contributed by atoms with E-state index in [1.165, 1.54) is 18.5 Å². The standard InChI is InChI=1S/C25H29N3Si/c1-3-9-23(10-4-1)29(24-11-5-2-6-12-24)20-14-22(21-29)27-16-18-28(19-17-27)25-13-7-8-15-26-25/h1-13,15,22H,14,16-21H2. The van der Waals surface area contributed by atoms with Crippen LogP contribution in [0.2, 0.25) is 12.1 Å². The number of aromatic nitrogens is 1. The largest absolute Gasteiger partial charge is 0.354 e. The van der Waals surface area contributed by atoms with Crippen LogP contribution in [0.3, 0.4) is 0 Å². The lowest BCUT2D eigenvalue weighted by Gasteiger charge is -2.39. The monoisotopic (exact) mass is 399 g/mol. The molecule has 0 saturated carbocycles. The summed E-state index contributed by atoms with van der Waals surface area (Å²) >= 11 is 0. The first kappa shape index (κ1) is 18.6. The molecule has 0 spiro atoms. The van der Waals surface area contributed by atoms with Crippen molar-refractivity contribution in [1.29, 1.82) is 0 Å². The van der Waals surface area contributed by atoms with Crippen LogP contribution in [-0.2, 0) is 0 Å². The van der Waals surface area contributed by atoms with Crippen LogP contribution in [0.1, 0.15) is 6.42 Å². The maximum atomic E-state index is 4.54. The Morgan fingerprint density at radius 2 is 1.34 bits per heavy atom. The van der Waals surface area contributed by atoms with E-state index in [1.54, 1.807) is 10.4 Å². The molecule has 2 aliphatic rings. The number of benzene rings is 2. The zero-order chi connectivity index (χ0) is 19.5. The normalized spacial score (nSPS) is 21.9. The van der Waals surface area contributed by atoms with Crippen molar-refractivity contribution in [2.75, 3.05) is 31.1 Å². The summed E-state index contributed by atoms with van der Waals surface area (Å²) in [7, 11) is -1.68. The number of pyridine rings is 1. The van der Waals surface area contributed by atoms with Crippen LogP contribution in [0.5, 0.6) is 0 Å². The van der Waals surface area contributed by atoms with Gasteiger partial charge in [-0.1, -0.05) is 77.1 Å². The minimum Gasteiger partial charge on any atom is -0.354 e. The lowest BCUT2D eigenvalue weighted by Crippen LogP contribution is -2.57. The highest BCUT2D eigenvalue weighted by Crippen LogP contribution is 2.34. The van der Waals surface area contributed by atoms with E-state index >= 15 is 0 Å². The molecule has 3 nitrogen and oxygen atoms in total. The lowest BCUT2D eigenvalue weighted by molar-refractivity contribution is 0.198. The van der Waals surface area contributed by atoms with E-state index in [9.17, 15) is 0 Å². The number of rotatable bonds is 4. The predicted octanol–water partition coefficient (Wildman–Crippen LogP) is 3.24. The molecule has 2 aromatic carbocycles. The molecule has 2 saturated heterocycles. The predicted molar refractivity (Wildman–Crippen MR) is 124 cm³/mol. The van der Waals surface area contributed by atoms with E-state index in [0.29, 0.717) is 6.04 Å². The molecule has 5 rings (SSSR count). The van der Waals surface area contributed by atoms with Gasteiger partial charge >= 0.3 is 0 Å². The van der Waals surface area contributed by atoms with E-state index in [1.807, 2.05) is 12.3 Å². The fourth-order valence-corrected chi connectivity index (χ4v) is 10.7. The minimum atomic E-state index is -1.68. The van der Waals surface area contributed by atoms with E-state index in [-0.39, 0.29) is 0 Å². The van der Waals surface area contributed by atoms with Gasteiger partial charge in [-0.2, -0.15) is 0 Å². The first-order valence-corrected chi connectivity index (χ1v) is 13.3. The van der Waals surface area contributed by atoms with Crippen LogP contribution < -0.4 is 15.3 Å². The Labute approximate surface area is 175 Å². The second kappa shape index (κ2) is 8.13. The minimum absolute atomic E-state index is 0.716. The fourth-order valence-electron chi connectivity index (χ4n) is 5.39. The average Bonchev–Trinajstić information content (AvgIpc) is 3.28. The number of nitrogens with zero attached hydrogens (tertiary/aromatic N) is 3. The smallest absolute Gasteiger partial charge is 0.128 e. The van der Waals surface area contributed by atoms with E-state index < -0.39 is 8.07 Å². The molecule has 0 bridgehead atoms. The van der Waals surface area contributed by atoms with E-state index in [4.69, 9.17) is 0 Å². The molecule has 2 aliphatic heterocycles. The number of hydrogen-bond donors (Lipinski definition) is 0. The molecule has 0 aliphatic carbocycles. The summed E-state index contributed by atoms with van der Waals surface area (Å²) in [5.74, 6) is 1.12. The van der Waals surface area contributed by atoms with E-state index in [0.717, 1.165) is 32.0 Å². The van der Waals surface area contributed by atoms with Crippen LogP contribution in [-0.4, -0.2) is 50.2 Å². The van der Waals surface area contributed by atoms with Gasteiger partial charge in [0.15, 0.2) is 0 Å². The highest BCUT2D eigenvalue weighted by Gasteiger charge is 2.46. The first-order valence-electron chi connectivity index (χ1n) is 10.9. The molecular weight excluding hydrogens is 370 g/mol. The molecule has 1 unspecified atom stereocenters. The fraction of sp³-hybridized carbons (Fsp3) is 0.320. The molecule has 1 aromatic heterocycles. The van der Waals surface area contributed by atoms with E-state index in [2.05, 4.69) is 87.6 Å². The van der Waals surface area contributed by atoms with Crippen molar-refractivity contribution in [3.05, 3.63) is 85.1 Å². The highest BCUT2D eigenvalue weighted by molar-refractivity contribution is 7.02. The Balaban J connectivity index is 1.34. The summed E-state index contributed by atoms with van der Waals surface area (Å²) < 4.78 is 0. The summed E-state index contributed by atoms with van der Waals surface area (Å²) in [6.07, 6.45) is 3.23. The highest BCUT2D eigenvalue weighted by atomic mass is 28.3. The maximum absolute atomic E-state index is 4.54. The van der Waals surface area contributed by atoms with Crippen molar-refractivity contribution in [2.24, 2.45) is 0 Å². The van der Waals surface area contributed by atoms with Gasteiger partial charge in [-0.15, -0.1) is 0 Å². The molecule has 2 fully saturated rings. The van der Waals surface area contributed by atoms with Gasteiger partial charge in [0.2, 0.25) is 0 Å². The second-order valence-electron chi connectivity index (χ2n) is 8.42. The third-order valence-corrected chi connectivity index (χ3v) is 12.1. The van der Waals surface area contributed by atoms with Gasteiger partial charge in [-0.3, -0.25) is 4.90 Å². The Kier molecular flexibility index (Phi) is 5.21. The SMILES string of the molecule is c1ccc([Si]2(c3ccccc3)CCC(N3CCN(c4ccccn4)CC3)C2)cc1. The number of piperazine rings is 1. The Bertz CT molecular complexity index is 869. The van der Waals surface area contributed by atoms with Crippen LogP contribution >= 0.6 is 0 Å². The summed E-state index contributed by atoms with van der Waals surface area (Å²) in [5, 5.41) is 3.22. The van der Waals surface area contributed by atoms with Gasteiger partial charge in [0.25, 0.3) is 0 Å². The average molecular weight is 400 g/mol. The van der Waals surface area contributed by atoms with Crippen molar-refractivity contribution < 1.29 is 0 Å². The molecule has 29 heavy (non-hydrogen) atoms. The molecule has 4 heteroatoms. The summed E-state index contributed by atoms with van der Waals surface area (Å²) in [4.78, 5) is 9.74. The molecule has 0 amide bonds.